The second-order valence-corrected chi connectivity index (χ2v) is 6.01. The van der Waals surface area contributed by atoms with E-state index >= 15 is 0 Å². The highest BCUT2D eigenvalue weighted by Gasteiger charge is 2.31. The number of rotatable bonds is 6. The van der Waals surface area contributed by atoms with Crippen LogP contribution in [0.4, 0.5) is 0 Å². The van der Waals surface area contributed by atoms with Crippen LogP contribution in [0.1, 0.15) is 30.1 Å². The van der Waals surface area contributed by atoms with Crippen LogP contribution in [0.2, 0.25) is 0 Å². The maximum atomic E-state index is 12.7. The summed E-state index contributed by atoms with van der Waals surface area (Å²) < 4.78 is 10.6. The number of methoxy groups -OCH3 is 1. The van der Waals surface area contributed by atoms with Crippen molar-refractivity contribution in [3.8, 4) is 0 Å². The Morgan fingerprint density at radius 2 is 1.95 bits per heavy atom. The second kappa shape index (κ2) is 7.57. The molecule has 1 aliphatic heterocycles. The highest BCUT2D eigenvalue weighted by molar-refractivity contribution is 5.94. The minimum Gasteiger partial charge on any atom is -0.383 e. The van der Waals surface area contributed by atoms with E-state index in [0.29, 0.717) is 13.2 Å². The Bertz CT molecular complexity index is 441. The van der Waals surface area contributed by atoms with Gasteiger partial charge >= 0.3 is 0 Å². The Morgan fingerprint density at radius 3 is 2.57 bits per heavy atom. The summed E-state index contributed by atoms with van der Waals surface area (Å²) in [5.41, 5.74) is 0.875. The molecule has 4 nitrogen and oxygen atoms in total. The molecular formula is C17H25NO3. The molecule has 1 amide bonds. The van der Waals surface area contributed by atoms with Crippen molar-refractivity contribution in [1.82, 2.24) is 4.90 Å². The van der Waals surface area contributed by atoms with Gasteiger partial charge in [-0.2, -0.15) is 0 Å². The van der Waals surface area contributed by atoms with Crippen molar-refractivity contribution in [2.75, 3.05) is 40.0 Å². The third-order valence-electron chi connectivity index (χ3n) is 4.15. The van der Waals surface area contributed by atoms with E-state index in [4.69, 9.17) is 9.47 Å². The molecule has 0 spiro atoms. The van der Waals surface area contributed by atoms with E-state index in [9.17, 15) is 4.79 Å². The lowest BCUT2D eigenvalue weighted by molar-refractivity contribution is 0.00274. The minimum atomic E-state index is 0.0837. The largest absolute Gasteiger partial charge is 0.383 e. The molecule has 0 aromatic heterocycles. The fraction of sp³-hybridized carbons (Fsp3) is 0.588. The molecule has 1 heterocycles. The third kappa shape index (κ3) is 4.55. The summed E-state index contributed by atoms with van der Waals surface area (Å²) in [7, 11) is 1.67. The van der Waals surface area contributed by atoms with Gasteiger partial charge in [0.05, 0.1) is 6.61 Å². The molecule has 1 aromatic carbocycles. The number of benzene rings is 1. The zero-order valence-corrected chi connectivity index (χ0v) is 13.0. The summed E-state index contributed by atoms with van der Waals surface area (Å²) in [6, 6.07) is 9.47. The molecule has 21 heavy (non-hydrogen) atoms. The van der Waals surface area contributed by atoms with Crippen LogP contribution in [0, 0.1) is 5.41 Å². The van der Waals surface area contributed by atoms with Crippen molar-refractivity contribution < 1.29 is 14.3 Å². The van der Waals surface area contributed by atoms with Gasteiger partial charge in [-0.05, 0) is 30.4 Å². The fourth-order valence-corrected chi connectivity index (χ4v) is 2.70. The van der Waals surface area contributed by atoms with Crippen molar-refractivity contribution >= 4 is 5.91 Å². The lowest BCUT2D eigenvalue weighted by atomic mass is 9.82. The average Bonchev–Trinajstić information content (AvgIpc) is 2.52. The summed E-state index contributed by atoms with van der Waals surface area (Å²) >= 11 is 0. The Hall–Kier alpha value is -1.39. The van der Waals surface area contributed by atoms with E-state index in [-0.39, 0.29) is 11.3 Å². The molecule has 116 valence electrons. The summed E-state index contributed by atoms with van der Waals surface area (Å²) in [4.78, 5) is 14.6. The van der Waals surface area contributed by atoms with Crippen LogP contribution in [0.3, 0.4) is 0 Å². The predicted molar refractivity (Wildman–Crippen MR) is 82.4 cm³/mol. The van der Waals surface area contributed by atoms with Crippen LogP contribution in [-0.4, -0.2) is 50.8 Å². The van der Waals surface area contributed by atoms with Crippen molar-refractivity contribution in [1.29, 1.82) is 0 Å². The number of nitrogens with zero attached hydrogens (tertiary/aromatic N) is 1. The Balaban J connectivity index is 2.08. The van der Waals surface area contributed by atoms with Gasteiger partial charge in [0.2, 0.25) is 0 Å². The molecule has 4 heteroatoms. The van der Waals surface area contributed by atoms with Gasteiger partial charge < -0.3 is 14.4 Å². The molecule has 0 aliphatic carbocycles. The molecule has 0 saturated carbocycles. The Labute approximate surface area is 127 Å². The highest BCUT2D eigenvalue weighted by atomic mass is 16.5. The number of hydrogen-bond donors (Lipinski definition) is 0. The van der Waals surface area contributed by atoms with Gasteiger partial charge in [-0.15, -0.1) is 0 Å². The average molecular weight is 291 g/mol. The van der Waals surface area contributed by atoms with Crippen LogP contribution in [0.15, 0.2) is 30.3 Å². The lowest BCUT2D eigenvalue weighted by Crippen LogP contribution is -2.44. The lowest BCUT2D eigenvalue weighted by Gasteiger charge is -2.38. The van der Waals surface area contributed by atoms with Crippen molar-refractivity contribution in [2.45, 2.75) is 19.8 Å². The van der Waals surface area contributed by atoms with Crippen LogP contribution in [-0.2, 0) is 9.47 Å². The van der Waals surface area contributed by atoms with E-state index in [1.165, 1.54) is 0 Å². The molecular weight excluding hydrogens is 266 g/mol. The van der Waals surface area contributed by atoms with Gasteiger partial charge in [-0.25, -0.2) is 0 Å². The smallest absolute Gasteiger partial charge is 0.253 e. The Kier molecular flexibility index (Phi) is 5.76. The maximum Gasteiger partial charge on any atom is 0.253 e. The number of ether oxygens (including phenoxy) is 2. The van der Waals surface area contributed by atoms with E-state index in [1.807, 2.05) is 35.2 Å². The Morgan fingerprint density at radius 1 is 1.29 bits per heavy atom. The molecule has 0 unspecified atom stereocenters. The zero-order chi connectivity index (χ0) is 15.1. The molecule has 2 rings (SSSR count). The van der Waals surface area contributed by atoms with Gasteiger partial charge in [0, 0.05) is 39.0 Å². The van der Waals surface area contributed by atoms with E-state index in [1.54, 1.807) is 7.11 Å². The predicted octanol–water partition coefficient (Wildman–Crippen LogP) is 2.59. The third-order valence-corrected chi connectivity index (χ3v) is 4.15. The number of amides is 1. The summed E-state index contributed by atoms with van der Waals surface area (Å²) in [5.74, 6) is 0.0837. The topological polar surface area (TPSA) is 38.8 Å². The quantitative estimate of drug-likeness (QED) is 0.808. The van der Waals surface area contributed by atoms with Crippen molar-refractivity contribution in [3.05, 3.63) is 35.9 Å². The zero-order valence-electron chi connectivity index (χ0n) is 13.0. The first-order valence-electron chi connectivity index (χ1n) is 7.56. The SMILES string of the molecule is COCCN(CC1(C)CCOCC1)C(=O)c1ccccc1. The van der Waals surface area contributed by atoms with Gasteiger partial charge in [0.1, 0.15) is 0 Å². The minimum absolute atomic E-state index is 0.0837. The van der Waals surface area contributed by atoms with Crippen LogP contribution < -0.4 is 0 Å². The van der Waals surface area contributed by atoms with Gasteiger partial charge in [0.25, 0.3) is 5.91 Å². The van der Waals surface area contributed by atoms with E-state index in [0.717, 1.165) is 38.2 Å². The molecule has 0 radical (unpaired) electrons. The van der Waals surface area contributed by atoms with Crippen LogP contribution in [0.25, 0.3) is 0 Å². The molecule has 1 fully saturated rings. The first kappa shape index (κ1) is 16.0. The highest BCUT2D eigenvalue weighted by Crippen LogP contribution is 2.31. The molecule has 0 bridgehead atoms. The standard InChI is InChI=1S/C17H25NO3/c1-17(8-11-21-12-9-17)14-18(10-13-20-2)16(19)15-6-4-3-5-7-15/h3-7H,8-14H2,1-2H3. The fourth-order valence-electron chi connectivity index (χ4n) is 2.70. The van der Waals surface area contributed by atoms with Crippen LogP contribution in [0.5, 0.6) is 0 Å². The number of carbonyl (C=O) groups excluding carboxylic acids is 1. The van der Waals surface area contributed by atoms with Crippen molar-refractivity contribution in [3.63, 3.8) is 0 Å². The summed E-state index contributed by atoms with van der Waals surface area (Å²) in [5, 5.41) is 0. The van der Waals surface area contributed by atoms with Gasteiger partial charge in [0.15, 0.2) is 0 Å². The number of carbonyl (C=O) groups is 1. The normalized spacial score (nSPS) is 17.4. The first-order valence-corrected chi connectivity index (χ1v) is 7.56. The molecule has 1 aliphatic rings. The van der Waals surface area contributed by atoms with Crippen LogP contribution >= 0.6 is 0 Å². The summed E-state index contributed by atoms with van der Waals surface area (Å²) in [6.07, 6.45) is 2.00. The number of hydrogen-bond acceptors (Lipinski definition) is 3. The van der Waals surface area contributed by atoms with Gasteiger partial charge in [-0.3, -0.25) is 4.79 Å². The second-order valence-electron chi connectivity index (χ2n) is 6.01. The van der Waals surface area contributed by atoms with E-state index < -0.39 is 0 Å². The molecule has 0 N–H and O–H groups in total. The first-order chi connectivity index (χ1) is 10.1. The molecule has 1 saturated heterocycles. The van der Waals surface area contributed by atoms with Gasteiger partial charge in [-0.1, -0.05) is 25.1 Å². The monoisotopic (exact) mass is 291 g/mol. The summed E-state index contributed by atoms with van der Waals surface area (Å²) in [6.45, 7) is 5.76. The van der Waals surface area contributed by atoms with Crippen molar-refractivity contribution in [2.24, 2.45) is 5.41 Å². The van der Waals surface area contributed by atoms with E-state index in [2.05, 4.69) is 6.92 Å². The molecule has 1 aromatic rings. The maximum absolute atomic E-state index is 12.7. The molecule has 0 atom stereocenters.